The molecule has 112 valence electrons. The van der Waals surface area contributed by atoms with Crippen molar-refractivity contribution >= 4 is 0 Å². The number of nitrogens with two attached hydrogens (primary N) is 1. The minimum Gasteiger partial charge on any atom is -0.328 e. The molecule has 1 aromatic heterocycles. The van der Waals surface area contributed by atoms with Crippen LogP contribution in [-0.2, 0) is 6.54 Å². The highest BCUT2D eigenvalue weighted by atomic mass is 15.3. The van der Waals surface area contributed by atoms with E-state index in [1.54, 1.807) is 6.20 Å². The zero-order valence-corrected chi connectivity index (χ0v) is 12.4. The van der Waals surface area contributed by atoms with E-state index in [2.05, 4.69) is 20.9 Å². The molecule has 0 saturated carbocycles. The number of hydrogen-bond acceptors (Lipinski definition) is 5. The molecule has 5 nitrogen and oxygen atoms in total. The molecule has 2 saturated heterocycles. The molecule has 5 heteroatoms. The predicted octanol–water partition coefficient (Wildman–Crippen LogP) is 0.951. The highest BCUT2D eigenvalue weighted by molar-refractivity contribution is 5.25. The first kappa shape index (κ1) is 14.5. The van der Waals surface area contributed by atoms with E-state index in [0.717, 1.165) is 45.6 Å². The first-order valence-electron chi connectivity index (χ1n) is 7.81. The Labute approximate surface area is 126 Å². The average molecular weight is 285 g/mol. The fourth-order valence-corrected chi connectivity index (χ4v) is 3.43. The summed E-state index contributed by atoms with van der Waals surface area (Å²) in [5, 5.41) is 8.91. The Hall–Kier alpha value is -1.48. The van der Waals surface area contributed by atoms with Gasteiger partial charge in [0.1, 0.15) is 11.8 Å². The van der Waals surface area contributed by atoms with Gasteiger partial charge in [-0.1, -0.05) is 0 Å². The minimum absolute atomic E-state index is 0.403. The van der Waals surface area contributed by atoms with E-state index in [9.17, 15) is 0 Å². The molecule has 21 heavy (non-hydrogen) atoms. The predicted molar refractivity (Wildman–Crippen MR) is 81.4 cm³/mol. The van der Waals surface area contributed by atoms with Crippen molar-refractivity contribution in [3.05, 3.63) is 29.6 Å². The van der Waals surface area contributed by atoms with Gasteiger partial charge in [-0.2, -0.15) is 5.26 Å². The Bertz CT molecular complexity index is 516. The molecule has 3 rings (SSSR count). The number of hydrogen-bond donors (Lipinski definition) is 1. The Morgan fingerprint density at radius 2 is 2.10 bits per heavy atom. The molecule has 0 bridgehead atoms. The SMILES string of the molecule is N#Cc1cc(CN2CCC(N3CCC(N)CC3)C2)ccn1. The van der Waals surface area contributed by atoms with Gasteiger partial charge in [-0.05, 0) is 50.0 Å². The third kappa shape index (κ3) is 3.59. The second kappa shape index (κ2) is 6.52. The van der Waals surface area contributed by atoms with Crippen molar-refractivity contribution in [2.75, 3.05) is 26.2 Å². The van der Waals surface area contributed by atoms with Gasteiger partial charge in [-0.15, -0.1) is 0 Å². The number of aromatic nitrogens is 1. The summed E-state index contributed by atoms with van der Waals surface area (Å²) in [5.74, 6) is 0. The monoisotopic (exact) mass is 285 g/mol. The molecule has 0 aromatic carbocycles. The van der Waals surface area contributed by atoms with E-state index < -0.39 is 0 Å². The van der Waals surface area contributed by atoms with E-state index in [4.69, 9.17) is 11.0 Å². The van der Waals surface area contributed by atoms with Gasteiger partial charge < -0.3 is 5.73 Å². The first-order chi connectivity index (χ1) is 10.2. The largest absolute Gasteiger partial charge is 0.328 e. The maximum Gasteiger partial charge on any atom is 0.140 e. The smallest absolute Gasteiger partial charge is 0.140 e. The van der Waals surface area contributed by atoms with Crippen molar-refractivity contribution in [3.63, 3.8) is 0 Å². The third-order valence-corrected chi connectivity index (χ3v) is 4.68. The Balaban J connectivity index is 1.53. The quantitative estimate of drug-likeness (QED) is 0.895. The van der Waals surface area contributed by atoms with Gasteiger partial charge in [0.25, 0.3) is 0 Å². The van der Waals surface area contributed by atoms with Crippen molar-refractivity contribution < 1.29 is 0 Å². The molecule has 1 atom stereocenters. The summed E-state index contributed by atoms with van der Waals surface area (Å²) in [6, 6.07) is 7.09. The van der Waals surface area contributed by atoms with Gasteiger partial charge in [-0.3, -0.25) is 9.80 Å². The van der Waals surface area contributed by atoms with Gasteiger partial charge in [0, 0.05) is 37.9 Å². The number of nitriles is 1. The molecule has 0 aliphatic carbocycles. The van der Waals surface area contributed by atoms with Crippen molar-refractivity contribution in [1.29, 1.82) is 5.26 Å². The van der Waals surface area contributed by atoms with Crippen LogP contribution in [0.3, 0.4) is 0 Å². The minimum atomic E-state index is 0.403. The van der Waals surface area contributed by atoms with E-state index in [1.165, 1.54) is 12.0 Å². The Morgan fingerprint density at radius 3 is 2.86 bits per heavy atom. The number of piperidine rings is 1. The summed E-state index contributed by atoms with van der Waals surface area (Å²) in [7, 11) is 0. The van der Waals surface area contributed by atoms with Gasteiger partial charge in [0.2, 0.25) is 0 Å². The van der Waals surface area contributed by atoms with Gasteiger partial charge in [-0.25, -0.2) is 4.98 Å². The molecular formula is C16H23N5. The molecule has 0 amide bonds. The van der Waals surface area contributed by atoms with Crippen LogP contribution in [0.15, 0.2) is 18.3 Å². The van der Waals surface area contributed by atoms with Crippen LogP contribution >= 0.6 is 0 Å². The molecule has 2 N–H and O–H groups in total. The van der Waals surface area contributed by atoms with E-state index in [0.29, 0.717) is 17.8 Å². The number of likely N-dealkylation sites (tertiary alicyclic amines) is 2. The lowest BCUT2D eigenvalue weighted by molar-refractivity contribution is 0.151. The zero-order valence-electron chi connectivity index (χ0n) is 12.4. The second-order valence-corrected chi connectivity index (χ2v) is 6.21. The summed E-state index contributed by atoms with van der Waals surface area (Å²) < 4.78 is 0. The number of pyridine rings is 1. The molecular weight excluding hydrogens is 262 g/mol. The van der Waals surface area contributed by atoms with Crippen LogP contribution in [0.2, 0.25) is 0 Å². The van der Waals surface area contributed by atoms with Crippen LogP contribution in [0.5, 0.6) is 0 Å². The van der Waals surface area contributed by atoms with Crippen molar-refractivity contribution in [2.24, 2.45) is 5.73 Å². The van der Waals surface area contributed by atoms with Gasteiger partial charge in [0.05, 0.1) is 0 Å². The first-order valence-corrected chi connectivity index (χ1v) is 7.81. The van der Waals surface area contributed by atoms with Crippen LogP contribution in [-0.4, -0.2) is 53.0 Å². The van der Waals surface area contributed by atoms with Crippen molar-refractivity contribution in [2.45, 2.75) is 37.9 Å². The molecule has 3 heterocycles. The lowest BCUT2D eigenvalue weighted by atomic mass is 10.0. The van der Waals surface area contributed by atoms with E-state index in [-0.39, 0.29) is 0 Å². The van der Waals surface area contributed by atoms with Crippen LogP contribution in [0.1, 0.15) is 30.5 Å². The Kier molecular flexibility index (Phi) is 4.49. The van der Waals surface area contributed by atoms with Crippen LogP contribution in [0.4, 0.5) is 0 Å². The van der Waals surface area contributed by atoms with Crippen molar-refractivity contribution in [3.8, 4) is 6.07 Å². The maximum atomic E-state index is 8.91. The normalized spacial score (nSPS) is 25.0. The number of nitrogens with zero attached hydrogens (tertiary/aromatic N) is 4. The summed E-state index contributed by atoms with van der Waals surface area (Å²) >= 11 is 0. The topological polar surface area (TPSA) is 69.2 Å². The van der Waals surface area contributed by atoms with Crippen LogP contribution < -0.4 is 5.73 Å². The number of rotatable bonds is 3. The zero-order chi connectivity index (χ0) is 14.7. The molecule has 1 aromatic rings. The van der Waals surface area contributed by atoms with E-state index in [1.807, 2.05) is 12.1 Å². The average Bonchev–Trinajstić information content (AvgIpc) is 2.96. The van der Waals surface area contributed by atoms with Crippen molar-refractivity contribution in [1.82, 2.24) is 14.8 Å². The standard InChI is InChI=1S/C16H23N5/c17-10-15-9-13(1-5-19-15)11-20-6-4-16(12-20)21-7-2-14(18)3-8-21/h1,5,9,14,16H,2-4,6-8,11-12,18H2. The lowest BCUT2D eigenvalue weighted by Gasteiger charge is -2.34. The van der Waals surface area contributed by atoms with Crippen LogP contribution in [0.25, 0.3) is 0 Å². The van der Waals surface area contributed by atoms with Gasteiger partial charge in [0.15, 0.2) is 0 Å². The van der Waals surface area contributed by atoms with Gasteiger partial charge >= 0.3 is 0 Å². The molecule has 0 radical (unpaired) electrons. The Morgan fingerprint density at radius 1 is 1.29 bits per heavy atom. The summed E-state index contributed by atoms with van der Waals surface area (Å²) in [5.41, 5.74) is 7.67. The molecule has 2 fully saturated rings. The maximum absolute atomic E-state index is 8.91. The lowest BCUT2D eigenvalue weighted by Crippen LogP contribution is -2.46. The summed E-state index contributed by atoms with van der Waals surface area (Å²) in [6.07, 6.45) is 5.23. The molecule has 2 aliphatic heterocycles. The fraction of sp³-hybridized carbons (Fsp3) is 0.625. The summed E-state index contributed by atoms with van der Waals surface area (Å²) in [4.78, 5) is 9.12. The molecule has 0 spiro atoms. The highest BCUT2D eigenvalue weighted by Crippen LogP contribution is 2.21. The second-order valence-electron chi connectivity index (χ2n) is 6.21. The third-order valence-electron chi connectivity index (χ3n) is 4.68. The molecule has 1 unspecified atom stereocenters. The molecule has 2 aliphatic rings. The highest BCUT2D eigenvalue weighted by Gasteiger charge is 2.29. The van der Waals surface area contributed by atoms with E-state index >= 15 is 0 Å². The van der Waals surface area contributed by atoms with Crippen LogP contribution in [0, 0.1) is 11.3 Å². The fourth-order valence-electron chi connectivity index (χ4n) is 3.43. The summed E-state index contributed by atoms with van der Waals surface area (Å²) in [6.45, 7) is 5.47.